The third-order valence-electron chi connectivity index (χ3n) is 5.57. The van der Waals surface area contributed by atoms with Crippen molar-refractivity contribution < 1.29 is 17.9 Å². The van der Waals surface area contributed by atoms with Crippen LogP contribution in [0, 0.1) is 0 Å². The van der Waals surface area contributed by atoms with Gasteiger partial charge < -0.3 is 9.64 Å². The first-order valence-electron chi connectivity index (χ1n) is 10.7. The summed E-state index contributed by atoms with van der Waals surface area (Å²) in [7, 11) is -3.05. The van der Waals surface area contributed by atoms with Crippen molar-refractivity contribution >= 4 is 38.5 Å². The van der Waals surface area contributed by atoms with Crippen LogP contribution in [0.15, 0.2) is 53.7 Å². The van der Waals surface area contributed by atoms with Gasteiger partial charge in [-0.3, -0.25) is 9.36 Å². The molecule has 1 aromatic heterocycles. The van der Waals surface area contributed by atoms with Crippen molar-refractivity contribution in [2.24, 2.45) is 0 Å². The minimum atomic E-state index is -3.05. The SMILES string of the molecule is CCOc1ccc(-n2c(SCC(=O)N(CC)[C@@H]3CCS(=O)(=O)C3)nc3ccccc32)cc1. The molecule has 1 fully saturated rings. The van der Waals surface area contributed by atoms with E-state index in [0.29, 0.717) is 19.6 Å². The smallest absolute Gasteiger partial charge is 0.233 e. The van der Waals surface area contributed by atoms with Gasteiger partial charge in [0.15, 0.2) is 15.0 Å². The van der Waals surface area contributed by atoms with Crippen molar-refractivity contribution in [3.05, 3.63) is 48.5 Å². The number of benzene rings is 2. The van der Waals surface area contributed by atoms with Crippen molar-refractivity contribution in [3.63, 3.8) is 0 Å². The van der Waals surface area contributed by atoms with Gasteiger partial charge in [-0.05, 0) is 56.7 Å². The van der Waals surface area contributed by atoms with E-state index in [1.54, 1.807) is 4.90 Å². The molecular formula is C23H27N3O4S2. The molecule has 1 amide bonds. The Morgan fingerprint density at radius 2 is 1.94 bits per heavy atom. The summed E-state index contributed by atoms with van der Waals surface area (Å²) in [5, 5.41) is 0.721. The average molecular weight is 474 g/mol. The quantitative estimate of drug-likeness (QED) is 0.466. The number of amides is 1. The van der Waals surface area contributed by atoms with Crippen LogP contribution in [0.25, 0.3) is 16.7 Å². The van der Waals surface area contributed by atoms with Gasteiger partial charge in [0.2, 0.25) is 5.91 Å². The zero-order valence-corrected chi connectivity index (χ0v) is 19.9. The van der Waals surface area contributed by atoms with E-state index in [4.69, 9.17) is 9.72 Å². The Bertz CT molecular complexity index is 1210. The predicted octanol–water partition coefficient (Wildman–Crippen LogP) is 3.55. The molecule has 1 aliphatic heterocycles. The highest BCUT2D eigenvalue weighted by Crippen LogP contribution is 2.29. The van der Waals surface area contributed by atoms with Crippen molar-refractivity contribution in [2.45, 2.75) is 31.5 Å². The lowest BCUT2D eigenvalue weighted by molar-refractivity contribution is -0.129. The second-order valence-electron chi connectivity index (χ2n) is 7.67. The number of imidazole rings is 1. The van der Waals surface area contributed by atoms with Crippen molar-refractivity contribution in [2.75, 3.05) is 30.4 Å². The van der Waals surface area contributed by atoms with Crippen molar-refractivity contribution in [1.29, 1.82) is 0 Å². The summed E-state index contributed by atoms with van der Waals surface area (Å²) in [6, 6.07) is 15.4. The number of carbonyl (C=O) groups excluding carboxylic acids is 1. The van der Waals surface area contributed by atoms with Gasteiger partial charge in [0.1, 0.15) is 5.75 Å². The molecule has 170 valence electrons. The van der Waals surface area contributed by atoms with Crippen LogP contribution in [0.5, 0.6) is 5.75 Å². The molecule has 32 heavy (non-hydrogen) atoms. The summed E-state index contributed by atoms with van der Waals surface area (Å²) < 4.78 is 31.3. The Labute approximate surface area is 192 Å². The largest absolute Gasteiger partial charge is 0.494 e. The van der Waals surface area contributed by atoms with Gasteiger partial charge >= 0.3 is 0 Å². The minimum absolute atomic E-state index is 0.0575. The van der Waals surface area contributed by atoms with E-state index in [1.807, 2.05) is 66.9 Å². The first-order valence-corrected chi connectivity index (χ1v) is 13.6. The van der Waals surface area contributed by atoms with Gasteiger partial charge in [-0.25, -0.2) is 13.4 Å². The number of ether oxygens (including phenoxy) is 1. The molecule has 7 nitrogen and oxygen atoms in total. The fourth-order valence-corrected chi connectivity index (χ4v) is 6.72. The number of aromatic nitrogens is 2. The zero-order valence-electron chi connectivity index (χ0n) is 18.2. The lowest BCUT2D eigenvalue weighted by atomic mass is 10.2. The van der Waals surface area contributed by atoms with Gasteiger partial charge in [-0.2, -0.15) is 0 Å². The number of hydrogen-bond acceptors (Lipinski definition) is 6. The molecule has 4 rings (SSSR count). The van der Waals surface area contributed by atoms with Crippen LogP contribution in [0.4, 0.5) is 0 Å². The van der Waals surface area contributed by atoms with Crippen LogP contribution < -0.4 is 4.74 Å². The second-order valence-corrected chi connectivity index (χ2v) is 10.8. The van der Waals surface area contributed by atoms with Gasteiger partial charge in [0.25, 0.3) is 0 Å². The highest BCUT2D eigenvalue weighted by molar-refractivity contribution is 7.99. The topological polar surface area (TPSA) is 81.5 Å². The number of para-hydroxylation sites is 2. The van der Waals surface area contributed by atoms with E-state index < -0.39 is 9.84 Å². The third kappa shape index (κ3) is 4.78. The Balaban J connectivity index is 1.58. The number of rotatable bonds is 8. The molecule has 0 radical (unpaired) electrons. The summed E-state index contributed by atoms with van der Waals surface area (Å²) in [6.07, 6.45) is 0.511. The van der Waals surface area contributed by atoms with E-state index >= 15 is 0 Å². The van der Waals surface area contributed by atoms with Crippen LogP contribution >= 0.6 is 11.8 Å². The molecule has 1 saturated heterocycles. The molecule has 3 aromatic rings. The van der Waals surface area contributed by atoms with Crippen LogP contribution in [0.2, 0.25) is 0 Å². The van der Waals surface area contributed by atoms with E-state index in [0.717, 1.165) is 27.6 Å². The first-order chi connectivity index (χ1) is 15.4. The Hall–Kier alpha value is -2.52. The monoisotopic (exact) mass is 473 g/mol. The summed E-state index contributed by atoms with van der Waals surface area (Å²) in [5.41, 5.74) is 2.75. The normalized spacial score (nSPS) is 17.5. The fourth-order valence-electron chi connectivity index (χ4n) is 4.08. The van der Waals surface area contributed by atoms with Gasteiger partial charge in [-0.15, -0.1) is 0 Å². The molecule has 2 heterocycles. The van der Waals surface area contributed by atoms with Crippen molar-refractivity contribution in [3.8, 4) is 11.4 Å². The maximum atomic E-state index is 13.0. The standard InChI is InChI=1S/C23H27N3O4S2/c1-3-25(18-13-14-32(28,29)16-18)22(27)15-31-23-24-20-7-5-6-8-21(20)26(23)17-9-11-19(12-10-17)30-4-2/h5-12,18H,3-4,13-16H2,1-2H3/t18-/m1/s1. The molecule has 0 aliphatic carbocycles. The molecule has 0 bridgehead atoms. The Morgan fingerprint density at radius 3 is 2.59 bits per heavy atom. The van der Waals surface area contributed by atoms with Crippen LogP contribution in [-0.4, -0.2) is 65.2 Å². The lowest BCUT2D eigenvalue weighted by Gasteiger charge is -2.26. The summed E-state index contributed by atoms with van der Waals surface area (Å²) in [4.78, 5) is 19.4. The van der Waals surface area contributed by atoms with E-state index in [-0.39, 0.29) is 29.2 Å². The summed E-state index contributed by atoms with van der Waals surface area (Å²) >= 11 is 1.37. The number of hydrogen-bond donors (Lipinski definition) is 0. The predicted molar refractivity (Wildman–Crippen MR) is 127 cm³/mol. The Morgan fingerprint density at radius 1 is 1.19 bits per heavy atom. The van der Waals surface area contributed by atoms with Gasteiger partial charge in [0, 0.05) is 18.3 Å². The molecule has 0 N–H and O–H groups in total. The molecule has 9 heteroatoms. The first kappa shape index (κ1) is 22.7. The molecule has 1 atom stereocenters. The molecule has 2 aromatic carbocycles. The van der Waals surface area contributed by atoms with Gasteiger partial charge in [0.05, 0.1) is 34.9 Å². The highest BCUT2D eigenvalue weighted by Gasteiger charge is 2.34. The van der Waals surface area contributed by atoms with E-state index in [2.05, 4.69) is 0 Å². The van der Waals surface area contributed by atoms with Crippen molar-refractivity contribution in [1.82, 2.24) is 14.5 Å². The molecule has 0 saturated carbocycles. The number of fused-ring (bicyclic) bond motifs is 1. The van der Waals surface area contributed by atoms with E-state index in [9.17, 15) is 13.2 Å². The van der Waals surface area contributed by atoms with Crippen LogP contribution in [-0.2, 0) is 14.6 Å². The zero-order chi connectivity index (χ0) is 22.7. The number of sulfone groups is 1. The number of nitrogens with zero attached hydrogens (tertiary/aromatic N) is 3. The molecule has 0 spiro atoms. The summed E-state index contributed by atoms with van der Waals surface area (Å²) in [5.74, 6) is 1.15. The minimum Gasteiger partial charge on any atom is -0.494 e. The molecule has 1 aliphatic rings. The molecule has 0 unspecified atom stereocenters. The Kier molecular flexibility index (Phi) is 6.76. The highest BCUT2D eigenvalue weighted by atomic mass is 32.2. The third-order valence-corrected chi connectivity index (χ3v) is 8.24. The lowest BCUT2D eigenvalue weighted by Crippen LogP contribution is -2.42. The second kappa shape index (κ2) is 9.54. The maximum absolute atomic E-state index is 13.0. The fraction of sp³-hybridized carbons (Fsp3) is 0.391. The number of thioether (sulfide) groups is 1. The van der Waals surface area contributed by atoms with Crippen LogP contribution in [0.3, 0.4) is 0 Å². The van der Waals surface area contributed by atoms with Crippen LogP contribution in [0.1, 0.15) is 20.3 Å². The number of carbonyl (C=O) groups is 1. The maximum Gasteiger partial charge on any atom is 0.233 e. The van der Waals surface area contributed by atoms with Gasteiger partial charge in [-0.1, -0.05) is 23.9 Å². The van der Waals surface area contributed by atoms with E-state index in [1.165, 1.54) is 11.8 Å². The summed E-state index contributed by atoms with van der Waals surface area (Å²) in [6.45, 7) is 4.94. The molecular weight excluding hydrogens is 446 g/mol. The average Bonchev–Trinajstić information content (AvgIpc) is 3.33.